The SMILES string of the molecule is CCNCC(Cc1csc(C)n1)c1ccccc1F. The molecule has 102 valence electrons. The van der Waals surface area contributed by atoms with Crippen LogP contribution in [-0.2, 0) is 6.42 Å². The third kappa shape index (κ3) is 3.85. The van der Waals surface area contributed by atoms with E-state index in [1.165, 1.54) is 6.07 Å². The van der Waals surface area contributed by atoms with Crippen LogP contribution in [0.25, 0.3) is 0 Å². The Bertz CT molecular complexity index is 524. The van der Waals surface area contributed by atoms with E-state index in [9.17, 15) is 4.39 Å². The van der Waals surface area contributed by atoms with Gasteiger partial charge in [-0.1, -0.05) is 25.1 Å². The van der Waals surface area contributed by atoms with Gasteiger partial charge in [0.2, 0.25) is 0 Å². The highest BCUT2D eigenvalue weighted by atomic mass is 32.1. The third-order valence-corrected chi connectivity index (χ3v) is 3.93. The average Bonchev–Trinajstić information content (AvgIpc) is 2.81. The van der Waals surface area contributed by atoms with Crippen LogP contribution in [0.15, 0.2) is 29.6 Å². The van der Waals surface area contributed by atoms with E-state index in [-0.39, 0.29) is 11.7 Å². The van der Waals surface area contributed by atoms with E-state index in [0.717, 1.165) is 35.8 Å². The van der Waals surface area contributed by atoms with Gasteiger partial charge in [0.05, 0.1) is 10.7 Å². The van der Waals surface area contributed by atoms with E-state index in [2.05, 4.69) is 22.6 Å². The Morgan fingerprint density at radius 1 is 1.37 bits per heavy atom. The van der Waals surface area contributed by atoms with E-state index in [1.807, 2.05) is 19.1 Å². The normalized spacial score (nSPS) is 12.6. The molecule has 1 heterocycles. The molecule has 0 aliphatic rings. The van der Waals surface area contributed by atoms with Crippen LogP contribution in [0.1, 0.15) is 29.1 Å². The number of hydrogen-bond donors (Lipinski definition) is 1. The second kappa shape index (κ2) is 6.78. The maximum absolute atomic E-state index is 13.9. The molecule has 0 fully saturated rings. The first-order chi connectivity index (χ1) is 9.20. The lowest BCUT2D eigenvalue weighted by Crippen LogP contribution is -2.23. The number of likely N-dealkylation sites (N-methyl/N-ethyl adjacent to an activating group) is 1. The van der Waals surface area contributed by atoms with Crippen molar-refractivity contribution in [2.45, 2.75) is 26.2 Å². The Labute approximate surface area is 117 Å². The van der Waals surface area contributed by atoms with Gasteiger partial charge in [0.15, 0.2) is 0 Å². The summed E-state index contributed by atoms with van der Waals surface area (Å²) in [6.45, 7) is 5.72. The van der Waals surface area contributed by atoms with Crippen LogP contribution >= 0.6 is 11.3 Å². The lowest BCUT2D eigenvalue weighted by Gasteiger charge is -2.17. The highest BCUT2D eigenvalue weighted by molar-refractivity contribution is 7.09. The van der Waals surface area contributed by atoms with Crippen LogP contribution in [0.3, 0.4) is 0 Å². The summed E-state index contributed by atoms with van der Waals surface area (Å²) in [5, 5.41) is 6.44. The predicted octanol–water partition coefficient (Wildman–Crippen LogP) is 3.53. The number of nitrogens with one attached hydrogen (secondary N) is 1. The molecule has 0 saturated carbocycles. The van der Waals surface area contributed by atoms with Gasteiger partial charge in [0, 0.05) is 17.8 Å². The largest absolute Gasteiger partial charge is 0.316 e. The van der Waals surface area contributed by atoms with Crippen molar-refractivity contribution in [2.24, 2.45) is 0 Å². The quantitative estimate of drug-likeness (QED) is 0.874. The van der Waals surface area contributed by atoms with Crippen molar-refractivity contribution >= 4 is 11.3 Å². The van der Waals surface area contributed by atoms with E-state index >= 15 is 0 Å². The van der Waals surface area contributed by atoms with E-state index < -0.39 is 0 Å². The van der Waals surface area contributed by atoms with Crippen molar-refractivity contribution in [1.29, 1.82) is 0 Å². The van der Waals surface area contributed by atoms with Crippen molar-refractivity contribution in [3.63, 3.8) is 0 Å². The third-order valence-electron chi connectivity index (χ3n) is 3.11. The average molecular weight is 278 g/mol. The number of thiazole rings is 1. The maximum atomic E-state index is 13.9. The molecule has 1 unspecified atom stereocenters. The van der Waals surface area contributed by atoms with Gasteiger partial charge in [-0.15, -0.1) is 11.3 Å². The molecular formula is C15H19FN2S. The highest BCUT2D eigenvalue weighted by Gasteiger charge is 2.16. The van der Waals surface area contributed by atoms with Gasteiger partial charge in [-0.25, -0.2) is 9.37 Å². The summed E-state index contributed by atoms with van der Waals surface area (Å²) in [4.78, 5) is 4.48. The second-order valence-corrected chi connectivity index (χ2v) is 5.65. The summed E-state index contributed by atoms with van der Waals surface area (Å²) in [5.74, 6) is 0.00000425. The molecule has 1 aromatic carbocycles. The summed E-state index contributed by atoms with van der Waals surface area (Å²) in [7, 11) is 0. The lowest BCUT2D eigenvalue weighted by molar-refractivity contribution is 0.542. The molecule has 0 bridgehead atoms. The number of hydrogen-bond acceptors (Lipinski definition) is 3. The molecule has 2 aromatic rings. The minimum atomic E-state index is -0.127. The zero-order chi connectivity index (χ0) is 13.7. The van der Waals surface area contributed by atoms with Crippen molar-refractivity contribution < 1.29 is 4.39 Å². The molecule has 0 spiro atoms. The van der Waals surface area contributed by atoms with Crippen LogP contribution in [0.5, 0.6) is 0 Å². The van der Waals surface area contributed by atoms with Crippen LogP contribution in [0.4, 0.5) is 4.39 Å². The molecule has 0 aliphatic heterocycles. The monoisotopic (exact) mass is 278 g/mol. The molecule has 0 radical (unpaired) electrons. The van der Waals surface area contributed by atoms with Crippen LogP contribution in [0.2, 0.25) is 0 Å². The van der Waals surface area contributed by atoms with Crippen molar-refractivity contribution in [1.82, 2.24) is 10.3 Å². The maximum Gasteiger partial charge on any atom is 0.126 e. The Balaban J connectivity index is 2.18. The zero-order valence-corrected chi connectivity index (χ0v) is 12.1. The first kappa shape index (κ1) is 14.2. The lowest BCUT2D eigenvalue weighted by atomic mass is 9.94. The fourth-order valence-corrected chi connectivity index (χ4v) is 2.80. The Morgan fingerprint density at radius 3 is 2.79 bits per heavy atom. The minimum Gasteiger partial charge on any atom is -0.316 e. The van der Waals surface area contributed by atoms with Crippen LogP contribution in [0, 0.1) is 12.7 Å². The summed E-state index contributed by atoms with van der Waals surface area (Å²) in [5.41, 5.74) is 1.82. The molecule has 0 aliphatic carbocycles. The molecule has 2 nitrogen and oxygen atoms in total. The van der Waals surface area contributed by atoms with Crippen molar-refractivity contribution in [3.05, 3.63) is 51.7 Å². The molecule has 0 amide bonds. The number of halogens is 1. The molecule has 4 heteroatoms. The Kier molecular flexibility index (Phi) is 5.05. The van der Waals surface area contributed by atoms with E-state index in [1.54, 1.807) is 17.4 Å². The van der Waals surface area contributed by atoms with Gasteiger partial charge in [-0.3, -0.25) is 0 Å². The van der Waals surface area contributed by atoms with E-state index in [0.29, 0.717) is 0 Å². The molecule has 1 atom stereocenters. The van der Waals surface area contributed by atoms with Gasteiger partial charge < -0.3 is 5.32 Å². The molecular weight excluding hydrogens is 259 g/mol. The van der Waals surface area contributed by atoms with Crippen molar-refractivity contribution in [3.8, 4) is 0 Å². The highest BCUT2D eigenvalue weighted by Crippen LogP contribution is 2.23. The molecule has 2 rings (SSSR count). The second-order valence-electron chi connectivity index (χ2n) is 4.59. The molecule has 0 saturated heterocycles. The molecule has 1 aromatic heterocycles. The summed E-state index contributed by atoms with van der Waals surface area (Å²) in [6.07, 6.45) is 0.776. The standard InChI is InChI=1S/C15H19FN2S/c1-3-17-9-12(8-13-10-19-11(2)18-13)14-6-4-5-7-15(14)16/h4-7,10,12,17H,3,8-9H2,1-2H3. The number of rotatable bonds is 6. The van der Waals surface area contributed by atoms with Crippen LogP contribution in [-0.4, -0.2) is 18.1 Å². The fourth-order valence-electron chi connectivity index (χ4n) is 2.17. The Morgan fingerprint density at radius 2 is 2.16 bits per heavy atom. The fraction of sp³-hybridized carbons (Fsp3) is 0.400. The number of nitrogens with zero attached hydrogens (tertiary/aromatic N) is 1. The summed E-state index contributed by atoms with van der Waals surface area (Å²) in [6, 6.07) is 7.02. The van der Waals surface area contributed by atoms with Crippen molar-refractivity contribution in [2.75, 3.05) is 13.1 Å². The first-order valence-electron chi connectivity index (χ1n) is 6.56. The number of aryl methyl sites for hydroxylation is 1. The van der Waals surface area contributed by atoms with E-state index in [4.69, 9.17) is 0 Å². The van der Waals surface area contributed by atoms with Gasteiger partial charge in [0.1, 0.15) is 5.82 Å². The first-order valence-corrected chi connectivity index (χ1v) is 7.44. The summed E-state index contributed by atoms with van der Waals surface area (Å²) >= 11 is 1.64. The van der Waals surface area contributed by atoms with Gasteiger partial charge in [0.25, 0.3) is 0 Å². The number of benzene rings is 1. The van der Waals surface area contributed by atoms with Crippen LogP contribution < -0.4 is 5.32 Å². The topological polar surface area (TPSA) is 24.9 Å². The predicted molar refractivity (Wildman–Crippen MR) is 78.2 cm³/mol. The van der Waals surface area contributed by atoms with Gasteiger partial charge in [-0.05, 0) is 31.5 Å². The summed E-state index contributed by atoms with van der Waals surface area (Å²) < 4.78 is 13.9. The Hall–Kier alpha value is -1.26. The minimum absolute atomic E-state index is 0.127. The molecule has 1 N–H and O–H groups in total. The zero-order valence-electron chi connectivity index (χ0n) is 11.3. The number of aromatic nitrogens is 1. The smallest absolute Gasteiger partial charge is 0.126 e. The van der Waals surface area contributed by atoms with Gasteiger partial charge in [-0.2, -0.15) is 0 Å². The van der Waals surface area contributed by atoms with Gasteiger partial charge >= 0.3 is 0 Å². The molecule has 19 heavy (non-hydrogen) atoms.